The highest BCUT2D eigenvalue weighted by atomic mass is 16.5. The molecule has 3 rings (SSSR count). The Balaban J connectivity index is 1.64. The second-order valence-corrected chi connectivity index (χ2v) is 23.1. The van der Waals surface area contributed by atoms with Gasteiger partial charge in [0.1, 0.15) is 30.5 Å². The molecule has 7 heteroatoms. The van der Waals surface area contributed by atoms with E-state index in [9.17, 15) is 0 Å². The van der Waals surface area contributed by atoms with Crippen molar-refractivity contribution < 1.29 is 33.2 Å². The third kappa shape index (κ3) is 37.8. The van der Waals surface area contributed by atoms with Crippen LogP contribution in [0.4, 0.5) is 0 Å². The molecule has 3 aromatic rings. The number of ether oxygens (including phenoxy) is 7. The Labute approximate surface area is 487 Å². The van der Waals surface area contributed by atoms with Crippen molar-refractivity contribution in [1.82, 2.24) is 0 Å². The molecule has 0 saturated heterocycles. The van der Waals surface area contributed by atoms with E-state index in [1.165, 1.54) is 231 Å². The molecular formula is C72H122O7. The minimum absolute atomic E-state index is 0.380. The monoisotopic (exact) mass is 1100 g/mol. The summed E-state index contributed by atoms with van der Waals surface area (Å²) in [5, 5.41) is 0. The first-order valence-electron chi connectivity index (χ1n) is 33.9. The second kappa shape index (κ2) is 51.2. The summed E-state index contributed by atoms with van der Waals surface area (Å²) < 4.78 is 45.2. The van der Waals surface area contributed by atoms with Crippen LogP contribution in [0.3, 0.4) is 0 Å². The zero-order valence-electron chi connectivity index (χ0n) is 52.2. The number of rotatable bonds is 58. The molecule has 0 unspecified atom stereocenters. The summed E-state index contributed by atoms with van der Waals surface area (Å²) in [7, 11) is 0. The summed E-state index contributed by atoms with van der Waals surface area (Å²) in [5.74, 6) is 5.43. The Morgan fingerprint density at radius 2 is 0.430 bits per heavy atom. The van der Waals surface area contributed by atoms with Crippen LogP contribution < -0.4 is 33.2 Å². The minimum Gasteiger partial charge on any atom is -0.493 e. The van der Waals surface area contributed by atoms with Crippen LogP contribution in [-0.4, -0.2) is 33.0 Å². The molecule has 0 aliphatic carbocycles. The molecule has 0 saturated carbocycles. The molecule has 0 radical (unpaired) electrons. The molecule has 0 atom stereocenters. The van der Waals surface area contributed by atoms with Crippen molar-refractivity contribution in [3.63, 3.8) is 0 Å². The van der Waals surface area contributed by atoms with E-state index in [0.29, 0.717) is 57.7 Å². The van der Waals surface area contributed by atoms with Gasteiger partial charge in [-0.25, -0.2) is 0 Å². The van der Waals surface area contributed by atoms with Gasteiger partial charge in [-0.05, 0) is 67.5 Å². The van der Waals surface area contributed by atoms with Crippen molar-refractivity contribution in [2.75, 3.05) is 33.0 Å². The smallest absolute Gasteiger partial charge is 0.161 e. The fourth-order valence-corrected chi connectivity index (χ4v) is 10.3. The Hall–Kier alpha value is -3.74. The highest BCUT2D eigenvalue weighted by Gasteiger charge is 2.13. The van der Waals surface area contributed by atoms with Gasteiger partial charge >= 0.3 is 0 Å². The summed E-state index contributed by atoms with van der Waals surface area (Å²) >= 11 is 0. The summed E-state index contributed by atoms with van der Waals surface area (Å²) in [6.07, 6.45) is 54.2. The predicted octanol–water partition coefficient (Wildman–Crippen LogP) is 23.2. The van der Waals surface area contributed by atoms with Crippen LogP contribution >= 0.6 is 0 Å². The molecule has 0 bridgehead atoms. The standard InChI is InChI=1S/C72H122O7/c1-6-11-16-20-24-28-32-36-40-44-53-74-69-50-48-64(57-71(69)76-55-46-42-38-34-30-26-22-18-13-8-3)62-78-67-59-66(73-52-15-10-5)60-68(61-67)79-63-65-49-51-70(75-54-45-41-37-33-29-25-21-17-12-7-2)72(58-65)77-56-47-43-39-35-31-27-23-19-14-9-4/h48-51,57-61H,6-47,52-56,62-63H2,1-5H3. The fourth-order valence-electron chi connectivity index (χ4n) is 10.3. The molecule has 0 amide bonds. The second-order valence-electron chi connectivity index (χ2n) is 23.1. The first-order valence-corrected chi connectivity index (χ1v) is 33.9. The van der Waals surface area contributed by atoms with Gasteiger partial charge in [0.05, 0.1) is 33.0 Å². The van der Waals surface area contributed by atoms with E-state index >= 15 is 0 Å². The van der Waals surface area contributed by atoms with Crippen molar-refractivity contribution in [3.05, 3.63) is 65.7 Å². The quantitative estimate of drug-likeness (QED) is 0.0522. The number of benzene rings is 3. The molecule has 0 aliphatic rings. The van der Waals surface area contributed by atoms with E-state index in [0.717, 1.165) is 78.4 Å². The lowest BCUT2D eigenvalue weighted by molar-refractivity contribution is 0.255. The van der Waals surface area contributed by atoms with Gasteiger partial charge in [-0.2, -0.15) is 0 Å². The maximum atomic E-state index is 6.55. The Morgan fingerprint density at radius 1 is 0.203 bits per heavy atom. The minimum atomic E-state index is 0.380. The van der Waals surface area contributed by atoms with Crippen LogP contribution in [-0.2, 0) is 13.2 Å². The third-order valence-electron chi connectivity index (χ3n) is 15.5. The molecule has 0 N–H and O–H groups in total. The number of unbranched alkanes of at least 4 members (excludes halogenated alkanes) is 37. The lowest BCUT2D eigenvalue weighted by Gasteiger charge is -2.16. The van der Waals surface area contributed by atoms with Crippen LogP contribution in [0, 0.1) is 0 Å². The molecule has 0 aliphatic heterocycles. The summed E-state index contributed by atoms with van der Waals surface area (Å²) in [4.78, 5) is 0. The van der Waals surface area contributed by atoms with Crippen molar-refractivity contribution in [2.24, 2.45) is 0 Å². The molecule has 0 spiro atoms. The fraction of sp³-hybridized carbons (Fsp3) is 0.750. The summed E-state index contributed by atoms with van der Waals surface area (Å²) in [6.45, 7) is 15.5. The van der Waals surface area contributed by atoms with Crippen molar-refractivity contribution in [2.45, 2.75) is 318 Å². The molecule has 7 nitrogen and oxygen atoms in total. The van der Waals surface area contributed by atoms with E-state index in [2.05, 4.69) is 71.0 Å². The maximum absolute atomic E-state index is 6.55. The van der Waals surface area contributed by atoms with E-state index in [1.807, 2.05) is 18.2 Å². The first kappa shape index (κ1) is 69.5. The van der Waals surface area contributed by atoms with E-state index in [1.54, 1.807) is 0 Å². The van der Waals surface area contributed by atoms with Crippen LogP contribution in [0.15, 0.2) is 54.6 Å². The summed E-state index contributed by atoms with van der Waals surface area (Å²) in [5.41, 5.74) is 2.06. The highest BCUT2D eigenvalue weighted by Crippen LogP contribution is 2.34. The molecule has 3 aromatic carbocycles. The van der Waals surface area contributed by atoms with Crippen LogP contribution in [0.1, 0.15) is 315 Å². The Morgan fingerprint density at radius 3 is 0.709 bits per heavy atom. The zero-order valence-corrected chi connectivity index (χ0v) is 52.2. The van der Waals surface area contributed by atoms with Gasteiger partial charge in [-0.1, -0.05) is 284 Å². The third-order valence-corrected chi connectivity index (χ3v) is 15.5. The van der Waals surface area contributed by atoms with Gasteiger partial charge in [0, 0.05) is 18.2 Å². The predicted molar refractivity (Wildman–Crippen MR) is 338 cm³/mol. The summed E-state index contributed by atoms with van der Waals surface area (Å²) in [6, 6.07) is 18.5. The molecule has 0 fully saturated rings. The van der Waals surface area contributed by atoms with Crippen LogP contribution in [0.2, 0.25) is 0 Å². The zero-order chi connectivity index (χ0) is 56.2. The largest absolute Gasteiger partial charge is 0.493 e. The normalized spacial score (nSPS) is 11.3. The molecule has 452 valence electrons. The highest BCUT2D eigenvalue weighted by molar-refractivity contribution is 5.46. The SMILES string of the molecule is CCCCCCCCCCCCOc1ccc(COc2cc(OCCCC)cc(OCc3ccc(OCCCCCCCCCCCC)c(OCCCCCCCCCCCC)c3)c2)cc1OCCCCCCCCCCCC. The molecule has 0 aromatic heterocycles. The van der Waals surface area contributed by atoms with E-state index in [4.69, 9.17) is 33.2 Å². The van der Waals surface area contributed by atoms with Gasteiger partial charge in [0.25, 0.3) is 0 Å². The maximum Gasteiger partial charge on any atom is 0.161 e. The lowest BCUT2D eigenvalue weighted by atomic mass is 10.1. The first-order chi connectivity index (χ1) is 39.1. The van der Waals surface area contributed by atoms with Crippen molar-refractivity contribution >= 4 is 0 Å². The van der Waals surface area contributed by atoms with Crippen molar-refractivity contribution in [3.8, 4) is 40.2 Å². The Kier molecular flexibility index (Phi) is 45.0. The van der Waals surface area contributed by atoms with E-state index < -0.39 is 0 Å². The lowest BCUT2D eigenvalue weighted by Crippen LogP contribution is -2.05. The molecule has 79 heavy (non-hydrogen) atoms. The van der Waals surface area contributed by atoms with Crippen LogP contribution in [0.25, 0.3) is 0 Å². The van der Waals surface area contributed by atoms with Crippen LogP contribution in [0.5, 0.6) is 40.2 Å². The number of hydrogen-bond donors (Lipinski definition) is 0. The average Bonchev–Trinajstić information content (AvgIpc) is 3.46. The van der Waals surface area contributed by atoms with Gasteiger partial charge in [0.2, 0.25) is 0 Å². The van der Waals surface area contributed by atoms with Gasteiger partial charge in [0.15, 0.2) is 23.0 Å². The molecule has 0 heterocycles. The Bertz CT molecular complexity index is 1690. The van der Waals surface area contributed by atoms with Gasteiger partial charge in [-0.15, -0.1) is 0 Å². The topological polar surface area (TPSA) is 64.6 Å². The number of hydrogen-bond acceptors (Lipinski definition) is 7. The van der Waals surface area contributed by atoms with Crippen molar-refractivity contribution in [1.29, 1.82) is 0 Å². The van der Waals surface area contributed by atoms with Gasteiger partial charge < -0.3 is 33.2 Å². The molecular weight excluding hydrogens is 977 g/mol. The average molecular weight is 1100 g/mol. The van der Waals surface area contributed by atoms with Gasteiger partial charge in [-0.3, -0.25) is 0 Å². The van der Waals surface area contributed by atoms with E-state index in [-0.39, 0.29) is 0 Å².